The number of nitrogens with zero attached hydrogens (tertiary/aromatic N) is 3. The van der Waals surface area contributed by atoms with Gasteiger partial charge in [-0.25, -0.2) is 0 Å². The Balaban J connectivity index is 0.00000420. The molecule has 0 amide bonds. The Morgan fingerprint density at radius 3 is 1.41 bits per heavy atom. The molecule has 3 aromatic rings. The molecule has 0 bridgehead atoms. The number of nitrogens with two attached hydrogens (primary N) is 1. The third-order valence-electron chi connectivity index (χ3n) is 6.17. The molecule has 0 radical (unpaired) electrons. The molecule has 4 rings (SSSR count). The second kappa shape index (κ2) is 13.4. The first-order valence-electron chi connectivity index (χ1n) is 12.2. The van der Waals surface area contributed by atoms with Gasteiger partial charge in [-0.3, -0.25) is 14.4 Å². The molecule has 0 aliphatic carbocycles. The lowest BCUT2D eigenvalue weighted by molar-refractivity contribution is -0.660. The minimum atomic E-state index is -0.841. The van der Waals surface area contributed by atoms with Crippen LogP contribution in [-0.2, 0) is 33.6 Å². The molecule has 204 valence electrons. The number of carbonyl (C=O) groups is 3. The molecule has 0 spiro atoms. The molecule has 0 atom stereocenters. The lowest BCUT2D eigenvalue weighted by Gasteiger charge is -2.18. The zero-order valence-corrected chi connectivity index (χ0v) is 21.8. The van der Waals surface area contributed by atoms with E-state index in [2.05, 4.69) is 0 Å². The van der Waals surface area contributed by atoms with E-state index in [0.29, 0.717) is 25.1 Å². The summed E-state index contributed by atoms with van der Waals surface area (Å²) >= 11 is 0. The first-order valence-corrected chi connectivity index (χ1v) is 12.2. The Morgan fingerprint density at radius 1 is 0.615 bits per heavy atom. The van der Waals surface area contributed by atoms with E-state index in [-0.39, 0.29) is 31.7 Å². The van der Waals surface area contributed by atoms with E-state index in [1.165, 1.54) is 0 Å². The fourth-order valence-corrected chi connectivity index (χ4v) is 4.06. The number of quaternary nitrogens is 1. The third-order valence-corrected chi connectivity index (χ3v) is 6.17. The van der Waals surface area contributed by atoms with Gasteiger partial charge in [0.05, 0.1) is 5.69 Å². The number of carboxylic acid groups (broad SMARTS) is 3. The summed E-state index contributed by atoms with van der Waals surface area (Å²) < 4.78 is 0. The molecule has 0 saturated carbocycles. The van der Waals surface area contributed by atoms with Crippen LogP contribution in [0.3, 0.4) is 0 Å². The molecule has 11 heteroatoms. The molecule has 1 heterocycles. The Bertz CT molecular complexity index is 1330. The van der Waals surface area contributed by atoms with Gasteiger partial charge >= 0.3 is 17.9 Å². The van der Waals surface area contributed by atoms with Crippen LogP contribution in [0.5, 0.6) is 0 Å². The number of hydrogen-bond donors (Lipinski definition) is 4. The van der Waals surface area contributed by atoms with Crippen LogP contribution in [0.2, 0.25) is 0 Å². The maximum Gasteiger partial charge on any atom is 0.303 e. The Kier molecular flexibility index (Phi) is 10.0. The van der Waals surface area contributed by atoms with Gasteiger partial charge in [0.1, 0.15) is 5.69 Å². The summed E-state index contributed by atoms with van der Waals surface area (Å²) in [5, 5.41) is 35.4. The Morgan fingerprint density at radius 2 is 1.00 bits per heavy atom. The first kappa shape index (κ1) is 29.2. The number of carboxylic acids is 3. The standard InChI is InChI=1S/C28H28N4O6.ClH/c33-25(34)16-7-19-1-10-22(11-2-19)28-29-32(24-14-5-21(6-15-24)9-18-27(37)38)30-31(28)23-12-3-20(4-13-23)8-17-26(35)36;/h1-6,10-15,30H,7-9,16-18H2,(H,33,34)(H,35,36)(H,37,38);1H. The predicted octanol–water partition coefficient (Wildman–Crippen LogP) is -0.176. The van der Waals surface area contributed by atoms with Crippen LogP contribution in [0.25, 0.3) is 0 Å². The normalized spacial score (nSPS) is 12.6. The molecule has 1 aliphatic rings. The summed E-state index contributed by atoms with van der Waals surface area (Å²) in [6, 6.07) is 22.8. The van der Waals surface area contributed by atoms with Crippen LogP contribution in [0.1, 0.15) is 41.5 Å². The van der Waals surface area contributed by atoms with E-state index >= 15 is 0 Å². The van der Waals surface area contributed by atoms with Crippen LogP contribution in [0.4, 0.5) is 11.4 Å². The third kappa shape index (κ3) is 8.03. The van der Waals surface area contributed by atoms with Crippen molar-refractivity contribution in [1.29, 1.82) is 0 Å². The van der Waals surface area contributed by atoms with Crippen molar-refractivity contribution in [3.8, 4) is 0 Å². The van der Waals surface area contributed by atoms with Crippen molar-refractivity contribution in [3.63, 3.8) is 0 Å². The molecule has 0 aromatic heterocycles. The van der Waals surface area contributed by atoms with Crippen molar-refractivity contribution < 1.29 is 47.6 Å². The number of anilines is 2. The van der Waals surface area contributed by atoms with E-state index in [1.807, 2.05) is 83.3 Å². The number of amidine groups is 1. The van der Waals surface area contributed by atoms with Crippen molar-refractivity contribution in [2.75, 3.05) is 10.1 Å². The van der Waals surface area contributed by atoms with Gasteiger partial charge < -0.3 is 27.7 Å². The van der Waals surface area contributed by atoms with Gasteiger partial charge in [-0.2, -0.15) is 0 Å². The average Bonchev–Trinajstić information content (AvgIpc) is 3.36. The van der Waals surface area contributed by atoms with Crippen LogP contribution in [-0.4, -0.2) is 39.1 Å². The molecule has 1 aliphatic heterocycles. The Hall–Kier alpha value is -4.41. The van der Waals surface area contributed by atoms with Crippen molar-refractivity contribution in [2.24, 2.45) is 5.10 Å². The SMILES string of the molecule is O=C(O)CCc1ccc(C2=NN(c3ccc(CCC(=O)O)cc3)[NH2+]N2c2ccc(CCC(=O)O)cc2)cc1.[Cl-]. The summed E-state index contributed by atoms with van der Waals surface area (Å²) in [4.78, 5) is 32.7. The largest absolute Gasteiger partial charge is 1.00 e. The molecule has 0 fully saturated rings. The molecular formula is C28H29ClN4O6. The lowest BCUT2D eigenvalue weighted by Crippen LogP contribution is -3.00. The highest BCUT2D eigenvalue weighted by Gasteiger charge is 2.31. The second-order valence-electron chi connectivity index (χ2n) is 8.96. The van der Waals surface area contributed by atoms with E-state index in [0.717, 1.165) is 33.6 Å². The quantitative estimate of drug-likeness (QED) is 0.226. The summed E-state index contributed by atoms with van der Waals surface area (Å²) in [5.41, 5.74) is 7.11. The predicted molar refractivity (Wildman–Crippen MR) is 141 cm³/mol. The summed E-state index contributed by atoms with van der Waals surface area (Å²) in [7, 11) is 0. The number of benzene rings is 3. The van der Waals surface area contributed by atoms with E-state index < -0.39 is 17.9 Å². The van der Waals surface area contributed by atoms with Crippen LogP contribution >= 0.6 is 0 Å². The summed E-state index contributed by atoms with van der Waals surface area (Å²) in [6.07, 6.45) is 1.52. The summed E-state index contributed by atoms with van der Waals surface area (Å²) in [5.74, 6) is -1.85. The highest BCUT2D eigenvalue weighted by atomic mass is 35.5. The highest BCUT2D eigenvalue weighted by Crippen LogP contribution is 2.22. The molecule has 10 nitrogen and oxygen atoms in total. The van der Waals surface area contributed by atoms with Crippen molar-refractivity contribution in [1.82, 2.24) is 0 Å². The number of hydrazone groups is 1. The fraction of sp³-hybridized carbons (Fsp3) is 0.214. The maximum atomic E-state index is 10.9. The number of aryl methyl sites for hydroxylation is 3. The van der Waals surface area contributed by atoms with Crippen LogP contribution in [0.15, 0.2) is 77.9 Å². The molecule has 0 unspecified atom stereocenters. The molecular weight excluding hydrogens is 524 g/mol. The zero-order chi connectivity index (χ0) is 27.1. The van der Waals surface area contributed by atoms with Crippen LogP contribution < -0.4 is 28.1 Å². The molecule has 3 aromatic carbocycles. The minimum absolute atomic E-state index is 0. The van der Waals surface area contributed by atoms with Gasteiger partial charge in [0.15, 0.2) is 0 Å². The lowest BCUT2D eigenvalue weighted by atomic mass is 10.1. The van der Waals surface area contributed by atoms with Crippen molar-refractivity contribution >= 4 is 35.1 Å². The maximum absolute atomic E-state index is 10.9. The molecule has 0 saturated heterocycles. The highest BCUT2D eigenvalue weighted by molar-refractivity contribution is 6.09. The number of hydrogen-bond acceptors (Lipinski definition) is 6. The van der Waals surface area contributed by atoms with E-state index in [4.69, 9.17) is 20.4 Å². The first-order chi connectivity index (χ1) is 18.3. The number of halogens is 1. The molecule has 5 N–H and O–H groups in total. The Labute approximate surface area is 231 Å². The zero-order valence-electron chi connectivity index (χ0n) is 21.0. The number of aliphatic carboxylic acids is 3. The van der Waals surface area contributed by atoms with Crippen molar-refractivity contribution in [3.05, 3.63) is 95.1 Å². The summed E-state index contributed by atoms with van der Waals surface area (Å²) in [6.45, 7) is 0. The van der Waals surface area contributed by atoms with E-state index in [1.54, 1.807) is 5.12 Å². The topological polar surface area (TPSA) is 147 Å². The minimum Gasteiger partial charge on any atom is -1.00 e. The van der Waals surface area contributed by atoms with Crippen LogP contribution in [0, 0.1) is 0 Å². The fourth-order valence-electron chi connectivity index (χ4n) is 4.06. The smallest absolute Gasteiger partial charge is 0.303 e. The van der Waals surface area contributed by atoms with Gasteiger partial charge in [0, 0.05) is 24.8 Å². The van der Waals surface area contributed by atoms with Gasteiger partial charge in [0.2, 0.25) is 5.84 Å². The number of rotatable bonds is 12. The van der Waals surface area contributed by atoms with Gasteiger partial charge in [-0.1, -0.05) is 58.8 Å². The van der Waals surface area contributed by atoms with E-state index in [9.17, 15) is 14.4 Å². The van der Waals surface area contributed by atoms with Gasteiger partial charge in [-0.05, 0) is 60.2 Å². The average molecular weight is 553 g/mol. The van der Waals surface area contributed by atoms with Gasteiger partial charge in [0.25, 0.3) is 0 Å². The van der Waals surface area contributed by atoms with Crippen molar-refractivity contribution in [2.45, 2.75) is 38.5 Å². The van der Waals surface area contributed by atoms with Gasteiger partial charge in [-0.15, -0.1) is 10.5 Å². The molecule has 39 heavy (non-hydrogen) atoms. The monoisotopic (exact) mass is 552 g/mol. The second-order valence-corrected chi connectivity index (χ2v) is 8.96.